The van der Waals surface area contributed by atoms with Crippen molar-refractivity contribution in [3.63, 3.8) is 0 Å². The second-order valence-electron chi connectivity index (χ2n) is 6.58. The number of rotatable bonds is 4. The van der Waals surface area contributed by atoms with Crippen LogP contribution in [0.25, 0.3) is 5.69 Å². The molecule has 4 rings (SSSR count). The maximum atomic E-state index is 14.4. The molecule has 0 N–H and O–H groups in total. The van der Waals surface area contributed by atoms with Gasteiger partial charge in [-0.05, 0) is 31.0 Å². The highest BCUT2D eigenvalue weighted by Gasteiger charge is 2.29. The van der Waals surface area contributed by atoms with Gasteiger partial charge in [-0.15, -0.1) is 4.80 Å². The summed E-state index contributed by atoms with van der Waals surface area (Å²) < 4.78 is 20.3. The summed E-state index contributed by atoms with van der Waals surface area (Å²) in [6.07, 6.45) is 5.57. The molecule has 1 fully saturated rings. The number of piperidine rings is 1. The van der Waals surface area contributed by atoms with E-state index in [1.165, 1.54) is 30.7 Å². The van der Waals surface area contributed by atoms with Gasteiger partial charge in [-0.2, -0.15) is 15.5 Å². The van der Waals surface area contributed by atoms with Gasteiger partial charge in [0.1, 0.15) is 11.8 Å². The van der Waals surface area contributed by atoms with Gasteiger partial charge in [0, 0.05) is 18.8 Å². The lowest BCUT2D eigenvalue weighted by Crippen LogP contribution is -2.44. The van der Waals surface area contributed by atoms with Crippen molar-refractivity contribution >= 4 is 5.91 Å². The lowest BCUT2D eigenvalue weighted by molar-refractivity contribution is 0.0527. The Labute approximate surface area is 166 Å². The van der Waals surface area contributed by atoms with Gasteiger partial charge >= 0.3 is 0 Å². The van der Waals surface area contributed by atoms with Crippen LogP contribution in [0.1, 0.15) is 28.8 Å². The molecule has 3 heterocycles. The van der Waals surface area contributed by atoms with Crippen LogP contribution in [-0.2, 0) is 0 Å². The van der Waals surface area contributed by atoms with Crippen LogP contribution >= 0.6 is 0 Å². The molecule has 0 saturated carbocycles. The predicted molar refractivity (Wildman–Crippen MR) is 99.8 cm³/mol. The zero-order valence-electron chi connectivity index (χ0n) is 15.4. The molecule has 1 amide bonds. The van der Waals surface area contributed by atoms with Crippen molar-refractivity contribution < 1.29 is 13.9 Å². The number of aromatic nitrogens is 4. The summed E-state index contributed by atoms with van der Waals surface area (Å²) in [6.45, 7) is 0.868. The minimum Gasteiger partial charge on any atom is -0.472 e. The minimum absolute atomic E-state index is 0.0222. The van der Waals surface area contributed by atoms with E-state index < -0.39 is 5.82 Å². The van der Waals surface area contributed by atoms with Crippen molar-refractivity contribution in [3.8, 4) is 17.6 Å². The number of amides is 1. The first-order valence-corrected chi connectivity index (χ1v) is 9.13. The number of hydrogen-bond acceptors (Lipinski definition) is 6. The number of benzene rings is 1. The predicted octanol–water partition coefficient (Wildman–Crippen LogP) is 2.36. The first kappa shape index (κ1) is 18.6. The summed E-state index contributed by atoms with van der Waals surface area (Å²) in [7, 11) is 0. The Morgan fingerprint density at radius 2 is 2.07 bits per heavy atom. The normalized spacial score (nSPS) is 16.3. The van der Waals surface area contributed by atoms with Crippen LogP contribution in [0.15, 0.2) is 48.9 Å². The van der Waals surface area contributed by atoms with Crippen molar-refractivity contribution in [3.05, 3.63) is 65.9 Å². The summed E-state index contributed by atoms with van der Waals surface area (Å²) in [5, 5.41) is 16.9. The van der Waals surface area contributed by atoms with Crippen LogP contribution < -0.4 is 4.74 Å². The second kappa shape index (κ2) is 8.06. The van der Waals surface area contributed by atoms with Crippen LogP contribution in [0.3, 0.4) is 0 Å². The molecule has 29 heavy (non-hydrogen) atoms. The Balaban J connectivity index is 1.54. The third-order valence-corrected chi connectivity index (χ3v) is 4.65. The Bertz CT molecular complexity index is 1060. The number of nitriles is 1. The van der Waals surface area contributed by atoms with Crippen molar-refractivity contribution in [2.45, 2.75) is 18.9 Å². The molecule has 1 atom stereocenters. The molecule has 0 unspecified atom stereocenters. The van der Waals surface area contributed by atoms with E-state index in [1.807, 2.05) is 6.07 Å². The van der Waals surface area contributed by atoms with E-state index in [-0.39, 0.29) is 23.3 Å². The van der Waals surface area contributed by atoms with E-state index in [0.717, 1.165) is 17.6 Å². The van der Waals surface area contributed by atoms with Gasteiger partial charge < -0.3 is 9.64 Å². The van der Waals surface area contributed by atoms with Gasteiger partial charge in [-0.1, -0.05) is 6.07 Å². The molecular formula is C20H17FN6O2. The summed E-state index contributed by atoms with van der Waals surface area (Å²) in [5.74, 6) is -0.547. The highest BCUT2D eigenvalue weighted by molar-refractivity contribution is 5.97. The lowest BCUT2D eigenvalue weighted by Gasteiger charge is -2.33. The molecular weight excluding hydrogens is 375 g/mol. The molecule has 1 aliphatic rings. The Morgan fingerprint density at radius 1 is 1.24 bits per heavy atom. The number of pyridine rings is 1. The molecule has 3 aromatic rings. The molecule has 9 heteroatoms. The maximum absolute atomic E-state index is 14.4. The highest BCUT2D eigenvalue weighted by Crippen LogP contribution is 2.23. The Morgan fingerprint density at radius 3 is 2.86 bits per heavy atom. The summed E-state index contributed by atoms with van der Waals surface area (Å²) in [6, 6.07) is 9.53. The zero-order valence-corrected chi connectivity index (χ0v) is 15.4. The summed E-state index contributed by atoms with van der Waals surface area (Å²) in [5.41, 5.74) is 0.662. The number of carbonyl (C=O) groups is 1. The van der Waals surface area contributed by atoms with E-state index in [1.54, 1.807) is 23.1 Å². The number of hydrogen-bond donors (Lipinski definition) is 0. The zero-order chi connectivity index (χ0) is 20.2. The quantitative estimate of drug-likeness (QED) is 0.676. The van der Waals surface area contributed by atoms with E-state index in [0.29, 0.717) is 24.5 Å². The first-order chi connectivity index (χ1) is 14.2. The van der Waals surface area contributed by atoms with Crippen LogP contribution in [0, 0.1) is 17.1 Å². The SMILES string of the molecule is N#Cc1ccnc(O[C@@H]2CCCN(C(=O)c3cccc(F)c3-n3nccn3)C2)c1. The van der Waals surface area contributed by atoms with Crippen molar-refractivity contribution in [1.29, 1.82) is 5.26 Å². The molecule has 0 bridgehead atoms. The molecule has 1 aromatic carbocycles. The Hall–Kier alpha value is -3.80. The van der Waals surface area contributed by atoms with E-state index >= 15 is 0 Å². The summed E-state index contributed by atoms with van der Waals surface area (Å²) in [4.78, 5) is 20.0. The number of para-hydroxylation sites is 1. The fraction of sp³-hybridized carbons (Fsp3) is 0.250. The van der Waals surface area contributed by atoms with Gasteiger partial charge in [0.2, 0.25) is 5.88 Å². The molecule has 146 valence electrons. The molecule has 8 nitrogen and oxygen atoms in total. The molecule has 0 spiro atoms. The smallest absolute Gasteiger partial charge is 0.256 e. The fourth-order valence-electron chi connectivity index (χ4n) is 3.33. The van der Waals surface area contributed by atoms with Crippen molar-refractivity contribution in [2.75, 3.05) is 13.1 Å². The van der Waals surface area contributed by atoms with Gasteiger partial charge in [0.25, 0.3) is 5.91 Å². The molecule has 0 aliphatic carbocycles. The molecule has 1 aliphatic heterocycles. The molecule has 2 aromatic heterocycles. The third kappa shape index (κ3) is 3.91. The van der Waals surface area contributed by atoms with Crippen LogP contribution in [0.5, 0.6) is 5.88 Å². The maximum Gasteiger partial charge on any atom is 0.256 e. The average molecular weight is 392 g/mol. The lowest BCUT2D eigenvalue weighted by atomic mass is 10.1. The number of nitrogens with zero attached hydrogens (tertiary/aromatic N) is 6. The van der Waals surface area contributed by atoms with E-state index in [4.69, 9.17) is 10.00 Å². The Kier molecular flexibility index (Phi) is 5.16. The molecule has 0 radical (unpaired) electrons. The average Bonchev–Trinajstić information content (AvgIpc) is 3.28. The van der Waals surface area contributed by atoms with Gasteiger partial charge in [-0.3, -0.25) is 4.79 Å². The van der Waals surface area contributed by atoms with Crippen LogP contribution in [0.2, 0.25) is 0 Å². The number of likely N-dealkylation sites (tertiary alicyclic amines) is 1. The second-order valence-corrected chi connectivity index (χ2v) is 6.58. The minimum atomic E-state index is -0.575. The highest BCUT2D eigenvalue weighted by atomic mass is 19.1. The fourth-order valence-corrected chi connectivity index (χ4v) is 3.33. The van der Waals surface area contributed by atoms with E-state index in [9.17, 15) is 9.18 Å². The topological polar surface area (TPSA) is 96.9 Å². The largest absolute Gasteiger partial charge is 0.472 e. The third-order valence-electron chi connectivity index (χ3n) is 4.65. The van der Waals surface area contributed by atoms with Gasteiger partial charge in [-0.25, -0.2) is 9.37 Å². The summed E-state index contributed by atoms with van der Waals surface area (Å²) >= 11 is 0. The van der Waals surface area contributed by atoms with Crippen LogP contribution in [-0.4, -0.2) is 50.0 Å². The number of carbonyl (C=O) groups excluding carboxylic acids is 1. The monoisotopic (exact) mass is 392 g/mol. The van der Waals surface area contributed by atoms with Gasteiger partial charge in [0.15, 0.2) is 5.82 Å². The van der Waals surface area contributed by atoms with Crippen molar-refractivity contribution in [2.24, 2.45) is 0 Å². The van der Waals surface area contributed by atoms with Gasteiger partial charge in [0.05, 0.1) is 36.1 Å². The number of ether oxygens (including phenoxy) is 1. The van der Waals surface area contributed by atoms with E-state index in [2.05, 4.69) is 15.2 Å². The standard InChI is InChI=1S/C20H17FN6O2/c21-17-5-1-4-16(19(17)27-24-8-9-25-27)20(28)26-10-2-3-15(13-26)29-18-11-14(12-22)6-7-23-18/h1,4-9,11,15H,2-3,10,13H2/t15-/m1/s1. The molecule has 1 saturated heterocycles. The van der Waals surface area contributed by atoms with Crippen molar-refractivity contribution in [1.82, 2.24) is 24.9 Å². The first-order valence-electron chi connectivity index (χ1n) is 9.13. The van der Waals surface area contributed by atoms with Crippen LogP contribution in [0.4, 0.5) is 4.39 Å². The number of halogens is 1.